The van der Waals surface area contributed by atoms with Gasteiger partial charge in [-0.2, -0.15) is 4.98 Å². The lowest BCUT2D eigenvalue weighted by atomic mass is 10.1. The first-order chi connectivity index (χ1) is 11.5. The number of esters is 1. The SMILES string of the molecule is COC(=O)c1cc(N)nc(N2CCc3nc(C)[nH]c3C2)n1.O=CO. The van der Waals surface area contributed by atoms with Crippen LogP contribution in [0, 0.1) is 6.92 Å². The van der Waals surface area contributed by atoms with Crippen molar-refractivity contribution in [2.45, 2.75) is 19.9 Å². The summed E-state index contributed by atoms with van der Waals surface area (Å²) in [4.78, 5) is 38.0. The van der Waals surface area contributed by atoms with Crippen molar-refractivity contribution in [2.24, 2.45) is 0 Å². The van der Waals surface area contributed by atoms with Gasteiger partial charge in [0.2, 0.25) is 5.95 Å². The maximum atomic E-state index is 11.6. The molecule has 2 aromatic heterocycles. The smallest absolute Gasteiger partial charge is 0.356 e. The van der Waals surface area contributed by atoms with E-state index in [2.05, 4.69) is 24.7 Å². The van der Waals surface area contributed by atoms with E-state index in [-0.39, 0.29) is 18.0 Å². The third-order valence-electron chi connectivity index (χ3n) is 3.36. The third-order valence-corrected chi connectivity index (χ3v) is 3.36. The zero-order valence-corrected chi connectivity index (χ0v) is 13.3. The number of carbonyl (C=O) groups excluding carboxylic acids is 1. The number of methoxy groups -OCH3 is 1. The number of nitrogen functional groups attached to an aromatic ring is 1. The first-order valence-corrected chi connectivity index (χ1v) is 7.08. The number of ether oxygens (including phenoxy) is 1. The molecule has 10 nitrogen and oxygen atoms in total. The summed E-state index contributed by atoms with van der Waals surface area (Å²) in [5.41, 5.74) is 8.03. The summed E-state index contributed by atoms with van der Waals surface area (Å²) in [6.45, 7) is 3.01. The molecule has 0 aliphatic carbocycles. The largest absolute Gasteiger partial charge is 0.483 e. The molecule has 24 heavy (non-hydrogen) atoms. The molecule has 10 heteroatoms. The van der Waals surface area contributed by atoms with Crippen LogP contribution in [0.2, 0.25) is 0 Å². The Morgan fingerprint density at radius 2 is 2.17 bits per heavy atom. The molecule has 1 aliphatic heterocycles. The van der Waals surface area contributed by atoms with Crippen LogP contribution >= 0.6 is 0 Å². The highest BCUT2D eigenvalue weighted by molar-refractivity contribution is 5.88. The van der Waals surface area contributed by atoms with Crippen molar-refractivity contribution < 1.29 is 19.4 Å². The zero-order valence-electron chi connectivity index (χ0n) is 13.3. The number of nitrogens with zero attached hydrogens (tertiary/aromatic N) is 4. The van der Waals surface area contributed by atoms with E-state index in [0.29, 0.717) is 12.5 Å². The minimum atomic E-state index is -0.527. The van der Waals surface area contributed by atoms with Gasteiger partial charge in [0.05, 0.1) is 25.0 Å². The van der Waals surface area contributed by atoms with E-state index in [4.69, 9.17) is 15.6 Å². The minimum absolute atomic E-state index is 0.159. The van der Waals surface area contributed by atoms with Crippen LogP contribution in [0.1, 0.15) is 27.7 Å². The van der Waals surface area contributed by atoms with Gasteiger partial charge in [0.15, 0.2) is 5.69 Å². The molecule has 0 fully saturated rings. The van der Waals surface area contributed by atoms with Gasteiger partial charge in [0.1, 0.15) is 11.6 Å². The van der Waals surface area contributed by atoms with Crippen LogP contribution < -0.4 is 10.6 Å². The van der Waals surface area contributed by atoms with Gasteiger partial charge in [-0.1, -0.05) is 0 Å². The number of hydrogen-bond acceptors (Lipinski definition) is 8. The van der Waals surface area contributed by atoms with Gasteiger partial charge in [-0.25, -0.2) is 14.8 Å². The summed E-state index contributed by atoms with van der Waals surface area (Å²) in [5.74, 6) is 1.03. The summed E-state index contributed by atoms with van der Waals surface area (Å²) >= 11 is 0. The predicted molar refractivity (Wildman–Crippen MR) is 84.6 cm³/mol. The van der Waals surface area contributed by atoms with Gasteiger partial charge in [0, 0.05) is 19.0 Å². The lowest BCUT2D eigenvalue weighted by Crippen LogP contribution is -2.32. The molecule has 0 atom stereocenters. The third kappa shape index (κ3) is 3.77. The number of nitrogens with one attached hydrogen (secondary N) is 1. The van der Waals surface area contributed by atoms with Gasteiger partial charge < -0.3 is 25.5 Å². The summed E-state index contributed by atoms with van der Waals surface area (Å²) < 4.78 is 4.67. The molecule has 3 rings (SSSR count). The molecule has 0 bridgehead atoms. The number of aryl methyl sites for hydroxylation is 1. The number of carboxylic acid groups (broad SMARTS) is 1. The Morgan fingerprint density at radius 3 is 2.83 bits per heavy atom. The van der Waals surface area contributed by atoms with E-state index in [1.54, 1.807) is 0 Å². The summed E-state index contributed by atoms with van der Waals surface area (Å²) in [7, 11) is 1.31. The highest BCUT2D eigenvalue weighted by Crippen LogP contribution is 2.21. The van der Waals surface area contributed by atoms with Crippen molar-refractivity contribution in [3.05, 3.63) is 29.0 Å². The maximum Gasteiger partial charge on any atom is 0.356 e. The number of anilines is 2. The lowest BCUT2D eigenvalue weighted by molar-refractivity contribution is -0.122. The molecule has 0 spiro atoms. The average Bonchev–Trinajstić information content (AvgIpc) is 2.93. The van der Waals surface area contributed by atoms with Crippen molar-refractivity contribution >= 4 is 24.2 Å². The number of hydrogen-bond donors (Lipinski definition) is 3. The summed E-state index contributed by atoms with van der Waals surface area (Å²) in [5, 5.41) is 6.89. The van der Waals surface area contributed by atoms with Crippen molar-refractivity contribution in [2.75, 3.05) is 24.3 Å². The van der Waals surface area contributed by atoms with Gasteiger partial charge in [-0.15, -0.1) is 0 Å². The fourth-order valence-electron chi connectivity index (χ4n) is 2.41. The molecule has 1 aliphatic rings. The van der Waals surface area contributed by atoms with Crippen LogP contribution in [0.25, 0.3) is 0 Å². The Kier molecular flexibility index (Phi) is 5.30. The van der Waals surface area contributed by atoms with E-state index in [0.717, 1.165) is 30.2 Å². The molecule has 0 saturated carbocycles. The molecule has 2 aromatic rings. The van der Waals surface area contributed by atoms with E-state index >= 15 is 0 Å². The lowest BCUT2D eigenvalue weighted by Gasteiger charge is -2.26. The molecule has 3 heterocycles. The molecule has 0 radical (unpaired) electrons. The fourth-order valence-corrected chi connectivity index (χ4v) is 2.41. The number of imidazole rings is 1. The topological polar surface area (TPSA) is 147 Å². The summed E-state index contributed by atoms with van der Waals surface area (Å²) in [6, 6.07) is 1.41. The molecule has 0 saturated heterocycles. The van der Waals surface area contributed by atoms with Crippen LogP contribution in [-0.2, 0) is 22.5 Å². The number of H-pyrrole nitrogens is 1. The Morgan fingerprint density at radius 1 is 1.46 bits per heavy atom. The first-order valence-electron chi connectivity index (χ1n) is 7.08. The molecule has 0 amide bonds. The Balaban J connectivity index is 0.000000647. The molecular formula is C14H18N6O4. The highest BCUT2D eigenvalue weighted by atomic mass is 16.5. The van der Waals surface area contributed by atoms with Gasteiger partial charge >= 0.3 is 5.97 Å². The van der Waals surface area contributed by atoms with Gasteiger partial charge in [-0.05, 0) is 6.92 Å². The van der Waals surface area contributed by atoms with Crippen LogP contribution in [0.15, 0.2) is 6.07 Å². The standard InChI is InChI=1S/C13H16N6O2.CH2O2/c1-7-15-8-3-4-19(6-10(8)16-7)13-17-9(12(20)21-2)5-11(14)18-13;2-1-3/h5H,3-4,6H2,1-2H3,(H,15,16)(H2,14,17,18);1H,(H,2,3). The van der Waals surface area contributed by atoms with Crippen LogP contribution in [0.5, 0.6) is 0 Å². The van der Waals surface area contributed by atoms with Crippen molar-refractivity contribution in [3.8, 4) is 0 Å². The Labute approximate surface area is 137 Å². The number of aromatic amines is 1. The predicted octanol–water partition coefficient (Wildman–Crippen LogP) is 0.140. The maximum absolute atomic E-state index is 11.6. The van der Waals surface area contributed by atoms with Gasteiger partial charge in [-0.3, -0.25) is 4.79 Å². The number of aromatic nitrogens is 4. The van der Waals surface area contributed by atoms with Crippen molar-refractivity contribution in [1.82, 2.24) is 19.9 Å². The van der Waals surface area contributed by atoms with Crippen LogP contribution in [0.3, 0.4) is 0 Å². The second kappa shape index (κ2) is 7.40. The fraction of sp³-hybridized carbons (Fsp3) is 0.357. The van der Waals surface area contributed by atoms with E-state index in [9.17, 15) is 4.79 Å². The number of rotatable bonds is 2. The van der Waals surface area contributed by atoms with E-state index < -0.39 is 5.97 Å². The summed E-state index contributed by atoms with van der Waals surface area (Å²) in [6.07, 6.45) is 0.797. The van der Waals surface area contributed by atoms with E-state index in [1.807, 2.05) is 11.8 Å². The Hall–Kier alpha value is -3.17. The van der Waals surface area contributed by atoms with Crippen LogP contribution in [-0.4, -0.2) is 51.1 Å². The first kappa shape index (κ1) is 17.2. The zero-order chi connectivity index (χ0) is 17.7. The molecule has 128 valence electrons. The normalized spacial score (nSPS) is 12.7. The number of carbonyl (C=O) groups is 2. The van der Waals surface area contributed by atoms with Crippen LogP contribution in [0.4, 0.5) is 11.8 Å². The quantitative estimate of drug-likeness (QED) is 0.515. The molecular weight excluding hydrogens is 316 g/mol. The minimum Gasteiger partial charge on any atom is -0.483 e. The number of fused-ring (bicyclic) bond motifs is 1. The monoisotopic (exact) mass is 334 g/mol. The van der Waals surface area contributed by atoms with Crippen molar-refractivity contribution in [1.29, 1.82) is 0 Å². The molecule has 4 N–H and O–H groups in total. The van der Waals surface area contributed by atoms with Gasteiger partial charge in [0.25, 0.3) is 6.47 Å². The number of nitrogens with two attached hydrogens (primary N) is 1. The van der Waals surface area contributed by atoms with E-state index in [1.165, 1.54) is 13.2 Å². The van der Waals surface area contributed by atoms with Crippen molar-refractivity contribution in [3.63, 3.8) is 0 Å². The average molecular weight is 334 g/mol. The second-order valence-electron chi connectivity index (χ2n) is 4.99. The molecule has 0 aromatic carbocycles. The molecule has 0 unspecified atom stereocenters. The Bertz CT molecular complexity index is 745. The highest BCUT2D eigenvalue weighted by Gasteiger charge is 2.22. The second-order valence-corrected chi connectivity index (χ2v) is 4.99.